The van der Waals surface area contributed by atoms with E-state index in [0.29, 0.717) is 0 Å². The van der Waals surface area contributed by atoms with Gasteiger partial charge in [-0.25, -0.2) is 13.1 Å². The van der Waals surface area contributed by atoms with Crippen molar-refractivity contribution in [3.63, 3.8) is 0 Å². The molecule has 1 unspecified atom stereocenters. The summed E-state index contributed by atoms with van der Waals surface area (Å²) >= 11 is 0. The van der Waals surface area contributed by atoms with E-state index in [1.54, 1.807) is 6.92 Å². The van der Waals surface area contributed by atoms with Gasteiger partial charge in [-0.1, -0.05) is 19.8 Å². The van der Waals surface area contributed by atoms with E-state index in [2.05, 4.69) is 11.6 Å². The first-order chi connectivity index (χ1) is 5.52. The fourth-order valence-corrected chi connectivity index (χ4v) is 1.86. The summed E-state index contributed by atoms with van der Waals surface area (Å²) in [5, 5.41) is 0. The number of hydrogen-bond donors (Lipinski definition) is 1. The van der Waals surface area contributed by atoms with Crippen molar-refractivity contribution in [1.29, 1.82) is 0 Å². The average Bonchev–Trinajstić information content (AvgIpc) is 2.00. The molecule has 74 valence electrons. The molecule has 1 atom stereocenters. The molecule has 0 radical (unpaired) electrons. The summed E-state index contributed by atoms with van der Waals surface area (Å²) in [7, 11) is -3.00. The quantitative estimate of drug-likeness (QED) is 0.695. The van der Waals surface area contributed by atoms with E-state index in [4.69, 9.17) is 0 Å². The molecule has 0 saturated carbocycles. The molecule has 0 fully saturated rings. The molecule has 0 aliphatic heterocycles. The third-order valence-electron chi connectivity index (χ3n) is 1.75. The van der Waals surface area contributed by atoms with Crippen LogP contribution in [0.15, 0.2) is 0 Å². The van der Waals surface area contributed by atoms with Gasteiger partial charge in [0.2, 0.25) is 10.0 Å². The normalized spacial score (nSPS) is 14.6. The van der Waals surface area contributed by atoms with Gasteiger partial charge in [-0.05, 0) is 20.3 Å². The van der Waals surface area contributed by atoms with Crippen LogP contribution in [-0.4, -0.2) is 20.2 Å². The third kappa shape index (κ3) is 5.55. The lowest BCUT2D eigenvalue weighted by atomic mass is 10.2. The maximum Gasteiger partial charge on any atom is 0.211 e. The standard InChI is InChI=1S/C8H19NO2S/c1-4-6-7-8(3)9-12(10,11)5-2/h8-9H,4-7H2,1-3H3. The predicted molar refractivity (Wildman–Crippen MR) is 51.6 cm³/mol. The van der Waals surface area contributed by atoms with Crippen molar-refractivity contribution in [1.82, 2.24) is 4.72 Å². The molecule has 12 heavy (non-hydrogen) atoms. The first kappa shape index (κ1) is 11.9. The second-order valence-electron chi connectivity index (χ2n) is 3.06. The molecule has 0 bridgehead atoms. The molecule has 0 aromatic heterocycles. The Balaban J connectivity index is 3.76. The maximum atomic E-state index is 11.1. The van der Waals surface area contributed by atoms with Crippen LogP contribution in [0.25, 0.3) is 0 Å². The zero-order valence-corrected chi connectivity index (χ0v) is 8.95. The Kier molecular flexibility index (Phi) is 5.50. The van der Waals surface area contributed by atoms with Crippen LogP contribution in [0.2, 0.25) is 0 Å². The van der Waals surface area contributed by atoms with Gasteiger partial charge in [0.1, 0.15) is 0 Å². The molecule has 3 nitrogen and oxygen atoms in total. The van der Waals surface area contributed by atoms with Gasteiger partial charge < -0.3 is 0 Å². The molecule has 0 spiro atoms. The number of nitrogens with one attached hydrogen (secondary N) is 1. The molecule has 0 aromatic rings. The molecule has 0 rings (SSSR count). The first-order valence-corrected chi connectivity index (χ1v) is 6.17. The van der Waals surface area contributed by atoms with Gasteiger partial charge in [-0.2, -0.15) is 0 Å². The van der Waals surface area contributed by atoms with Crippen molar-refractivity contribution in [3.05, 3.63) is 0 Å². The van der Waals surface area contributed by atoms with Gasteiger partial charge in [-0.15, -0.1) is 0 Å². The topological polar surface area (TPSA) is 46.2 Å². The Bertz CT molecular complexity index is 199. The average molecular weight is 193 g/mol. The zero-order valence-electron chi connectivity index (χ0n) is 8.13. The Morgan fingerprint density at radius 3 is 2.33 bits per heavy atom. The number of hydrogen-bond acceptors (Lipinski definition) is 2. The molecule has 0 aliphatic rings. The summed E-state index contributed by atoms with van der Waals surface area (Å²) in [5.41, 5.74) is 0. The van der Waals surface area contributed by atoms with Crippen LogP contribution < -0.4 is 4.72 Å². The summed E-state index contributed by atoms with van der Waals surface area (Å²) in [5.74, 6) is 0.170. The van der Waals surface area contributed by atoms with E-state index in [0.717, 1.165) is 19.3 Å². The van der Waals surface area contributed by atoms with Crippen LogP contribution in [0.5, 0.6) is 0 Å². The number of sulfonamides is 1. The summed E-state index contributed by atoms with van der Waals surface area (Å²) < 4.78 is 24.7. The van der Waals surface area contributed by atoms with Crippen LogP contribution >= 0.6 is 0 Å². The molecule has 1 N–H and O–H groups in total. The summed E-state index contributed by atoms with van der Waals surface area (Å²) in [6.07, 6.45) is 3.11. The lowest BCUT2D eigenvalue weighted by Gasteiger charge is -2.12. The van der Waals surface area contributed by atoms with Crippen molar-refractivity contribution in [2.75, 3.05) is 5.75 Å². The molecule has 0 aromatic carbocycles. The van der Waals surface area contributed by atoms with E-state index in [1.165, 1.54) is 0 Å². The highest BCUT2D eigenvalue weighted by molar-refractivity contribution is 7.89. The van der Waals surface area contributed by atoms with Gasteiger partial charge in [-0.3, -0.25) is 0 Å². The zero-order chi connectivity index (χ0) is 9.61. The highest BCUT2D eigenvalue weighted by atomic mass is 32.2. The Morgan fingerprint density at radius 1 is 1.33 bits per heavy atom. The van der Waals surface area contributed by atoms with E-state index in [9.17, 15) is 8.42 Å². The van der Waals surface area contributed by atoms with E-state index < -0.39 is 10.0 Å². The van der Waals surface area contributed by atoms with Crippen molar-refractivity contribution in [2.45, 2.75) is 46.1 Å². The Hall–Kier alpha value is -0.0900. The van der Waals surface area contributed by atoms with Gasteiger partial charge in [0.25, 0.3) is 0 Å². The van der Waals surface area contributed by atoms with E-state index >= 15 is 0 Å². The highest BCUT2D eigenvalue weighted by Crippen LogP contribution is 2.00. The highest BCUT2D eigenvalue weighted by Gasteiger charge is 2.10. The van der Waals surface area contributed by atoms with Crippen LogP contribution in [0.4, 0.5) is 0 Å². The summed E-state index contributed by atoms with van der Waals surface area (Å²) in [6, 6.07) is 0.0786. The van der Waals surface area contributed by atoms with Crippen molar-refractivity contribution in [2.24, 2.45) is 0 Å². The minimum atomic E-state index is -3.00. The minimum Gasteiger partial charge on any atom is -0.212 e. The van der Waals surface area contributed by atoms with Gasteiger partial charge >= 0.3 is 0 Å². The van der Waals surface area contributed by atoms with Crippen LogP contribution in [0.3, 0.4) is 0 Å². The smallest absolute Gasteiger partial charge is 0.211 e. The molecule has 0 saturated heterocycles. The largest absolute Gasteiger partial charge is 0.212 e. The molecule has 0 heterocycles. The van der Waals surface area contributed by atoms with Crippen LogP contribution in [0.1, 0.15) is 40.0 Å². The Morgan fingerprint density at radius 2 is 1.92 bits per heavy atom. The lowest BCUT2D eigenvalue weighted by Crippen LogP contribution is -2.33. The first-order valence-electron chi connectivity index (χ1n) is 4.51. The van der Waals surface area contributed by atoms with Gasteiger partial charge in [0.15, 0.2) is 0 Å². The second-order valence-corrected chi connectivity index (χ2v) is 5.11. The summed E-state index contributed by atoms with van der Waals surface area (Å²) in [6.45, 7) is 5.65. The molecule has 0 aliphatic carbocycles. The van der Waals surface area contributed by atoms with Crippen LogP contribution in [-0.2, 0) is 10.0 Å². The molecule has 4 heteroatoms. The minimum absolute atomic E-state index is 0.0786. The van der Waals surface area contributed by atoms with Crippen molar-refractivity contribution >= 4 is 10.0 Å². The van der Waals surface area contributed by atoms with E-state index in [1.807, 2.05) is 6.92 Å². The lowest BCUT2D eigenvalue weighted by molar-refractivity contribution is 0.535. The fourth-order valence-electron chi connectivity index (χ4n) is 0.959. The van der Waals surface area contributed by atoms with Crippen molar-refractivity contribution < 1.29 is 8.42 Å². The van der Waals surface area contributed by atoms with Gasteiger partial charge in [0, 0.05) is 6.04 Å². The summed E-state index contributed by atoms with van der Waals surface area (Å²) in [4.78, 5) is 0. The molecular weight excluding hydrogens is 174 g/mol. The predicted octanol–water partition coefficient (Wildman–Crippen LogP) is 1.50. The maximum absolute atomic E-state index is 11.1. The van der Waals surface area contributed by atoms with Gasteiger partial charge in [0.05, 0.1) is 5.75 Å². The van der Waals surface area contributed by atoms with Crippen molar-refractivity contribution in [3.8, 4) is 0 Å². The SMILES string of the molecule is CCCCC(C)NS(=O)(=O)CC. The molecular formula is C8H19NO2S. The second kappa shape index (κ2) is 5.54. The monoisotopic (exact) mass is 193 g/mol. The molecule has 0 amide bonds. The fraction of sp³-hybridized carbons (Fsp3) is 1.00. The Labute approximate surface area is 75.6 Å². The van der Waals surface area contributed by atoms with E-state index in [-0.39, 0.29) is 11.8 Å². The number of unbranched alkanes of at least 4 members (excludes halogenated alkanes) is 1. The van der Waals surface area contributed by atoms with Crippen LogP contribution in [0, 0.1) is 0 Å². The third-order valence-corrected chi connectivity index (χ3v) is 3.27. The number of rotatable bonds is 6.